The molecular weight excluding hydrogens is 1660 g/mol. The van der Waals surface area contributed by atoms with E-state index in [-0.39, 0.29) is 0 Å². The van der Waals surface area contributed by atoms with Crippen molar-refractivity contribution in [2.45, 2.75) is 39.3 Å². The summed E-state index contributed by atoms with van der Waals surface area (Å²) in [6.45, 7) is 9.56. The van der Waals surface area contributed by atoms with Crippen molar-refractivity contribution < 1.29 is 0 Å². The summed E-state index contributed by atoms with van der Waals surface area (Å²) in [5.74, 6) is 9.44. The van der Waals surface area contributed by atoms with Gasteiger partial charge in [0.05, 0.1) is 27.6 Å². The van der Waals surface area contributed by atoms with E-state index < -0.39 is 0 Å². The van der Waals surface area contributed by atoms with Crippen molar-refractivity contribution in [3.05, 3.63) is 415 Å². The number of benzene rings is 13. The monoisotopic (exact) mass is 1750 g/mol. The molecular formula is C110H95Cl2N19. The van der Waals surface area contributed by atoms with Crippen molar-refractivity contribution >= 4 is 130 Å². The average Bonchev–Trinajstić information content (AvgIpc) is 0.798. The largest absolute Gasteiger partial charge is 0.378 e. The second kappa shape index (κ2) is 42.6. The Morgan fingerprint density at radius 2 is 0.679 bits per heavy atom. The number of fused-ring (bicyclic) bond motifs is 5. The van der Waals surface area contributed by atoms with Crippen molar-refractivity contribution in [3.8, 4) is 56.9 Å². The Labute approximate surface area is 772 Å². The maximum atomic E-state index is 6.12. The molecule has 0 aliphatic carbocycles. The third-order valence-corrected chi connectivity index (χ3v) is 22.8. The number of rotatable bonds is 20. The van der Waals surface area contributed by atoms with Crippen LogP contribution >= 0.6 is 23.2 Å². The van der Waals surface area contributed by atoms with Crippen molar-refractivity contribution in [1.82, 2.24) is 59.8 Å². The van der Waals surface area contributed by atoms with Gasteiger partial charge in [0.1, 0.15) is 34.9 Å². The van der Waals surface area contributed by atoms with Gasteiger partial charge in [-0.25, -0.2) is 54.8 Å². The van der Waals surface area contributed by atoms with Crippen molar-refractivity contribution in [1.29, 1.82) is 0 Å². The van der Waals surface area contributed by atoms with E-state index in [2.05, 4.69) is 174 Å². The van der Waals surface area contributed by atoms with Crippen LogP contribution in [0.15, 0.2) is 389 Å². The Morgan fingerprint density at radius 3 is 1.11 bits per heavy atom. The molecule has 1 unspecified atom stereocenters. The molecule has 131 heavy (non-hydrogen) atoms. The number of anilines is 9. The van der Waals surface area contributed by atoms with Crippen LogP contribution in [0.25, 0.3) is 111 Å². The highest BCUT2D eigenvalue weighted by molar-refractivity contribution is 6.31. The minimum Gasteiger partial charge on any atom is -0.378 e. The van der Waals surface area contributed by atoms with Gasteiger partial charge in [0.2, 0.25) is 0 Å². The van der Waals surface area contributed by atoms with Gasteiger partial charge < -0.3 is 36.0 Å². The molecule has 4 N–H and O–H groups in total. The highest BCUT2D eigenvalue weighted by Crippen LogP contribution is 2.35. The van der Waals surface area contributed by atoms with E-state index >= 15 is 0 Å². The zero-order valence-corrected chi connectivity index (χ0v) is 74.5. The lowest BCUT2D eigenvalue weighted by molar-refractivity contribution is 0.643. The summed E-state index contributed by atoms with van der Waals surface area (Å²) in [7, 11) is 4.09. The van der Waals surface area contributed by atoms with Gasteiger partial charge in [-0.3, -0.25) is 4.98 Å². The highest BCUT2D eigenvalue weighted by Gasteiger charge is 2.23. The van der Waals surface area contributed by atoms with Crippen LogP contribution < -0.4 is 36.0 Å². The van der Waals surface area contributed by atoms with Gasteiger partial charge in [-0.05, 0) is 162 Å². The van der Waals surface area contributed by atoms with Crippen molar-refractivity contribution in [2.75, 3.05) is 76.2 Å². The summed E-state index contributed by atoms with van der Waals surface area (Å²) < 4.78 is 0. The Balaban J connectivity index is 0.000000115. The minimum atomic E-state index is 0.573. The summed E-state index contributed by atoms with van der Waals surface area (Å²) in [6, 6.07) is 123. The van der Waals surface area contributed by atoms with Crippen LogP contribution in [0.1, 0.15) is 42.9 Å². The van der Waals surface area contributed by atoms with Gasteiger partial charge in [0, 0.05) is 154 Å². The predicted octanol–water partition coefficient (Wildman–Crippen LogP) is 26.2. The SMILES string of the molecule is CCC(C)c1ccc(Nc2nc(-c3ccccc3)nc3ccccc23)cc1.CN(C)c1ccc(CNc2nc(-c3ccccc3)nc3ccccc23)cc1.Clc1cccc(-c2nc(NCc3ccccc3)c3ccccc3n2)c1.Clc1cccc(-c2nc(Nc3ccncc3)c3ccccc3n2)c1.c1ccc(-c2nc(N3CCN(c4ccccn4)CC3)c3ccccc3n2)cc1. The molecule has 0 bridgehead atoms. The van der Waals surface area contributed by atoms with Gasteiger partial charge in [0.25, 0.3) is 0 Å². The summed E-state index contributed by atoms with van der Waals surface area (Å²) in [4.78, 5) is 63.0. The van der Waals surface area contributed by atoms with Gasteiger partial charge >= 0.3 is 0 Å². The number of aromatic nitrogens is 12. The van der Waals surface area contributed by atoms with E-state index in [9.17, 15) is 0 Å². The van der Waals surface area contributed by atoms with Gasteiger partial charge in [-0.15, -0.1) is 0 Å². The maximum absolute atomic E-state index is 6.12. The molecule has 21 rings (SSSR count). The number of nitrogens with zero attached hydrogens (tertiary/aromatic N) is 15. The second-order valence-corrected chi connectivity index (χ2v) is 32.4. The molecule has 7 aromatic heterocycles. The number of nitrogens with one attached hydrogen (secondary N) is 4. The molecule has 13 aromatic carbocycles. The molecule has 1 saturated heterocycles. The van der Waals surface area contributed by atoms with Gasteiger partial charge in [-0.1, -0.05) is 274 Å². The first-order valence-electron chi connectivity index (χ1n) is 43.7. The summed E-state index contributed by atoms with van der Waals surface area (Å²) in [5, 5.41) is 20.2. The second-order valence-electron chi connectivity index (χ2n) is 31.5. The van der Waals surface area contributed by atoms with E-state index in [1.54, 1.807) is 12.4 Å². The van der Waals surface area contributed by atoms with E-state index in [1.807, 2.05) is 281 Å². The quantitative estimate of drug-likeness (QED) is 0.0558. The molecule has 0 saturated carbocycles. The average molecular weight is 1750 g/mol. The first-order valence-corrected chi connectivity index (χ1v) is 44.4. The van der Waals surface area contributed by atoms with Gasteiger partial charge in [-0.2, -0.15) is 0 Å². The third-order valence-electron chi connectivity index (χ3n) is 22.3. The van der Waals surface area contributed by atoms with Crippen LogP contribution in [-0.4, -0.2) is 100 Å². The summed E-state index contributed by atoms with van der Waals surface area (Å²) in [5.41, 5.74) is 16.4. The predicted molar refractivity (Wildman–Crippen MR) is 541 cm³/mol. The molecule has 1 aliphatic heterocycles. The molecule has 0 radical (unpaired) electrons. The standard InChI is InChI=1S/C24H23N3.C23H21N5.C23H22N4.C21H16ClN3.C19H13ClN4/c1-3-17(2)18-13-15-20(16-14-18)25-24-21-11-7-8-12-22(21)26-23(27-24)19-9-5-4-6-10-19;1-2-8-18(9-3-1)22-25-20-11-5-4-10-19(20)23(26-22)28-16-14-27(15-17-28)21-12-6-7-13-24-21;1-27(2)19-14-12-17(13-15-19)16-24-23-20-10-6-7-11-21(20)25-22(26-23)18-8-4-3-5-9-18;22-17-10-6-9-16(13-17)20-24-19-12-5-4-11-18(19)21(25-20)23-14-15-7-2-1-3-8-15;20-14-5-3-4-13(12-14)18-23-17-7-2-1-6-16(17)19(24-18)22-15-8-10-21-11-9-15/h4-17H,3H2,1-2H3,(H,25,26,27);1-13H,14-17H2;3-15H,16H2,1-2H3,(H,24,25,26);1-13H,14H2,(H,23,24,25);1-12H,(H,21,22,23,24). The fourth-order valence-corrected chi connectivity index (χ4v) is 15.5. The number of para-hydroxylation sites is 5. The molecule has 21 heteroatoms. The molecule has 20 aromatic rings. The first-order chi connectivity index (χ1) is 64.4. The fourth-order valence-electron chi connectivity index (χ4n) is 15.1. The third kappa shape index (κ3) is 22.4. The summed E-state index contributed by atoms with van der Waals surface area (Å²) in [6.07, 6.45) is 6.47. The van der Waals surface area contributed by atoms with E-state index in [0.717, 1.165) is 179 Å². The Kier molecular flexibility index (Phi) is 28.3. The van der Waals surface area contributed by atoms with E-state index in [1.165, 1.54) is 22.4 Å². The number of hydrogen-bond donors (Lipinski definition) is 4. The van der Waals surface area contributed by atoms with E-state index in [0.29, 0.717) is 40.7 Å². The molecule has 1 fully saturated rings. The van der Waals surface area contributed by atoms with E-state index in [4.69, 9.17) is 68.1 Å². The smallest absolute Gasteiger partial charge is 0.162 e. The normalized spacial score (nSPS) is 11.8. The van der Waals surface area contributed by atoms with Crippen LogP contribution in [0.5, 0.6) is 0 Å². The highest BCUT2D eigenvalue weighted by atomic mass is 35.5. The Hall–Kier alpha value is -16.0. The molecule has 0 amide bonds. The van der Waals surface area contributed by atoms with Crippen molar-refractivity contribution in [3.63, 3.8) is 0 Å². The Morgan fingerprint density at radius 1 is 0.321 bits per heavy atom. The van der Waals surface area contributed by atoms with Crippen LogP contribution in [-0.2, 0) is 13.1 Å². The van der Waals surface area contributed by atoms with Crippen LogP contribution in [0, 0.1) is 0 Å². The van der Waals surface area contributed by atoms with Gasteiger partial charge in [0.15, 0.2) is 29.1 Å². The van der Waals surface area contributed by atoms with Crippen LogP contribution in [0.2, 0.25) is 10.0 Å². The molecule has 19 nitrogen and oxygen atoms in total. The Bertz CT molecular complexity index is 7180. The maximum Gasteiger partial charge on any atom is 0.162 e. The molecule has 8 heterocycles. The lowest BCUT2D eigenvalue weighted by Crippen LogP contribution is -2.47. The fraction of sp³-hybridized carbons (Fsp3) is 0.109. The first kappa shape index (κ1) is 87.1. The zero-order valence-electron chi connectivity index (χ0n) is 72.9. The van der Waals surface area contributed by atoms with Crippen LogP contribution in [0.4, 0.5) is 52.0 Å². The number of hydrogen-bond acceptors (Lipinski definition) is 19. The number of halogens is 2. The van der Waals surface area contributed by atoms with Crippen molar-refractivity contribution in [2.24, 2.45) is 0 Å². The molecule has 0 spiro atoms. The molecule has 644 valence electrons. The minimum absolute atomic E-state index is 0.573. The lowest BCUT2D eigenvalue weighted by atomic mass is 9.99. The molecule has 1 atom stereocenters. The lowest BCUT2D eigenvalue weighted by Gasteiger charge is -2.36. The number of pyridine rings is 2. The zero-order chi connectivity index (χ0) is 89.5. The summed E-state index contributed by atoms with van der Waals surface area (Å²) >= 11 is 12.2. The number of piperazine rings is 1. The van der Waals surface area contributed by atoms with Crippen LogP contribution in [0.3, 0.4) is 0 Å². The molecule has 1 aliphatic rings. The topological polar surface area (TPSA) is 213 Å².